The Morgan fingerprint density at radius 2 is 1.95 bits per heavy atom. The van der Waals surface area contributed by atoms with Crippen molar-refractivity contribution in [1.29, 1.82) is 0 Å². The first-order chi connectivity index (χ1) is 10.5. The number of aromatic nitrogens is 1. The Labute approximate surface area is 128 Å². The third kappa shape index (κ3) is 3.94. The molecule has 116 valence electrons. The molecule has 0 radical (unpaired) electrons. The summed E-state index contributed by atoms with van der Waals surface area (Å²) < 4.78 is 5.03. The van der Waals surface area contributed by atoms with Gasteiger partial charge in [-0.3, -0.25) is 9.59 Å². The predicted molar refractivity (Wildman–Crippen MR) is 79.3 cm³/mol. The topological polar surface area (TPSA) is 92.4 Å². The Morgan fingerprint density at radius 1 is 1.27 bits per heavy atom. The zero-order valence-electron chi connectivity index (χ0n) is 12.5. The highest BCUT2D eigenvalue weighted by atomic mass is 16.5. The first-order valence-electron chi connectivity index (χ1n) is 6.95. The summed E-state index contributed by atoms with van der Waals surface area (Å²) in [4.78, 5) is 23.2. The van der Waals surface area contributed by atoms with E-state index in [4.69, 9.17) is 9.63 Å². The molecule has 6 nitrogen and oxygen atoms in total. The van der Waals surface area contributed by atoms with Gasteiger partial charge in [0.05, 0.1) is 24.6 Å². The zero-order valence-corrected chi connectivity index (χ0v) is 12.5. The van der Waals surface area contributed by atoms with Crippen molar-refractivity contribution in [3.8, 4) is 0 Å². The van der Waals surface area contributed by atoms with E-state index in [1.807, 2.05) is 18.2 Å². The van der Waals surface area contributed by atoms with Crippen molar-refractivity contribution >= 4 is 11.9 Å². The fraction of sp³-hybridized carbons (Fsp3) is 0.312. The van der Waals surface area contributed by atoms with Crippen molar-refractivity contribution in [2.24, 2.45) is 0 Å². The lowest BCUT2D eigenvalue weighted by Crippen LogP contribution is -2.31. The summed E-state index contributed by atoms with van der Waals surface area (Å²) in [6.07, 6.45) is -0.0541. The fourth-order valence-corrected chi connectivity index (χ4v) is 2.27. The molecule has 6 heteroatoms. The first-order valence-corrected chi connectivity index (χ1v) is 6.95. The van der Waals surface area contributed by atoms with Crippen LogP contribution in [0.2, 0.25) is 0 Å². The summed E-state index contributed by atoms with van der Waals surface area (Å²) in [5.74, 6) is -0.627. The van der Waals surface area contributed by atoms with Gasteiger partial charge >= 0.3 is 5.97 Å². The van der Waals surface area contributed by atoms with E-state index in [9.17, 15) is 9.59 Å². The Balaban J connectivity index is 2.10. The van der Waals surface area contributed by atoms with Gasteiger partial charge in [-0.2, -0.15) is 0 Å². The van der Waals surface area contributed by atoms with Crippen molar-refractivity contribution in [2.45, 2.75) is 32.7 Å². The molecule has 0 saturated heterocycles. The molecular weight excluding hydrogens is 284 g/mol. The first kappa shape index (κ1) is 15.8. The van der Waals surface area contributed by atoms with Crippen LogP contribution >= 0.6 is 0 Å². The normalized spacial score (nSPS) is 11.9. The maximum atomic E-state index is 12.2. The van der Waals surface area contributed by atoms with Gasteiger partial charge in [0.2, 0.25) is 5.91 Å². The zero-order chi connectivity index (χ0) is 16.1. The molecule has 1 amide bonds. The summed E-state index contributed by atoms with van der Waals surface area (Å²) in [6.45, 7) is 3.51. The quantitative estimate of drug-likeness (QED) is 0.853. The minimum absolute atomic E-state index is 0.115. The SMILES string of the molecule is Cc1noc(C)c1CC(=O)N[C@@H](CC(=O)O)c1ccccc1. The Morgan fingerprint density at radius 3 is 2.50 bits per heavy atom. The van der Waals surface area contributed by atoms with Crippen LogP contribution in [-0.4, -0.2) is 22.1 Å². The van der Waals surface area contributed by atoms with Crippen molar-refractivity contribution in [3.63, 3.8) is 0 Å². The summed E-state index contributed by atoms with van der Waals surface area (Å²) in [5, 5.41) is 15.6. The van der Waals surface area contributed by atoms with Crippen LogP contribution in [0.5, 0.6) is 0 Å². The van der Waals surface area contributed by atoms with E-state index in [-0.39, 0.29) is 18.7 Å². The number of amides is 1. The maximum Gasteiger partial charge on any atom is 0.305 e. The highest BCUT2D eigenvalue weighted by molar-refractivity contribution is 5.80. The Bertz CT molecular complexity index is 645. The van der Waals surface area contributed by atoms with Crippen molar-refractivity contribution in [3.05, 3.63) is 52.9 Å². The molecule has 2 aromatic rings. The van der Waals surface area contributed by atoms with Gasteiger partial charge in [0.1, 0.15) is 5.76 Å². The van der Waals surface area contributed by atoms with Crippen LogP contribution in [0.3, 0.4) is 0 Å². The molecule has 0 saturated carbocycles. The number of carboxylic acids is 1. The summed E-state index contributed by atoms with van der Waals surface area (Å²) in [7, 11) is 0. The predicted octanol–water partition coefficient (Wildman–Crippen LogP) is 2.17. The van der Waals surface area contributed by atoms with Crippen LogP contribution in [0.15, 0.2) is 34.9 Å². The minimum atomic E-state index is -0.966. The van der Waals surface area contributed by atoms with E-state index in [2.05, 4.69) is 10.5 Å². The van der Waals surface area contributed by atoms with E-state index >= 15 is 0 Å². The van der Waals surface area contributed by atoms with Crippen LogP contribution in [0.25, 0.3) is 0 Å². The molecule has 1 aromatic carbocycles. The van der Waals surface area contributed by atoms with E-state index in [0.717, 1.165) is 11.1 Å². The van der Waals surface area contributed by atoms with Crippen LogP contribution in [0, 0.1) is 13.8 Å². The average Bonchev–Trinajstić information content (AvgIpc) is 2.79. The second-order valence-corrected chi connectivity index (χ2v) is 5.11. The number of nitrogens with one attached hydrogen (secondary N) is 1. The summed E-state index contributed by atoms with van der Waals surface area (Å²) in [6, 6.07) is 8.49. The van der Waals surface area contributed by atoms with E-state index < -0.39 is 12.0 Å². The molecule has 22 heavy (non-hydrogen) atoms. The highest BCUT2D eigenvalue weighted by Crippen LogP contribution is 2.18. The number of rotatable bonds is 6. The number of benzene rings is 1. The Hall–Kier alpha value is -2.63. The molecule has 1 aromatic heterocycles. The molecule has 1 heterocycles. The van der Waals surface area contributed by atoms with Gasteiger partial charge < -0.3 is 14.9 Å². The lowest BCUT2D eigenvalue weighted by molar-refractivity contribution is -0.137. The summed E-state index contributed by atoms with van der Waals surface area (Å²) in [5.41, 5.74) is 2.17. The second-order valence-electron chi connectivity index (χ2n) is 5.11. The van der Waals surface area contributed by atoms with Gasteiger partial charge in [-0.25, -0.2) is 0 Å². The number of carbonyl (C=O) groups excluding carboxylic acids is 1. The van der Waals surface area contributed by atoms with Crippen molar-refractivity contribution < 1.29 is 19.2 Å². The highest BCUT2D eigenvalue weighted by Gasteiger charge is 2.20. The molecule has 0 aliphatic rings. The fourth-order valence-electron chi connectivity index (χ4n) is 2.27. The minimum Gasteiger partial charge on any atom is -0.481 e. The molecule has 0 aliphatic heterocycles. The lowest BCUT2D eigenvalue weighted by atomic mass is 10.0. The molecular formula is C16H18N2O4. The maximum absolute atomic E-state index is 12.2. The van der Waals surface area contributed by atoms with E-state index in [1.54, 1.807) is 26.0 Å². The monoisotopic (exact) mass is 302 g/mol. The Kier molecular flexibility index (Phi) is 4.93. The summed E-state index contributed by atoms with van der Waals surface area (Å²) >= 11 is 0. The second kappa shape index (κ2) is 6.89. The number of aryl methyl sites for hydroxylation is 2. The van der Waals surface area contributed by atoms with Crippen LogP contribution in [0.1, 0.15) is 35.0 Å². The van der Waals surface area contributed by atoms with Gasteiger partial charge in [-0.05, 0) is 19.4 Å². The van der Waals surface area contributed by atoms with Crippen molar-refractivity contribution in [2.75, 3.05) is 0 Å². The molecule has 2 N–H and O–H groups in total. The van der Waals surface area contributed by atoms with Gasteiger partial charge in [0.25, 0.3) is 0 Å². The molecule has 0 bridgehead atoms. The van der Waals surface area contributed by atoms with Crippen molar-refractivity contribution in [1.82, 2.24) is 10.5 Å². The number of carboxylic acid groups (broad SMARTS) is 1. The molecule has 1 atom stereocenters. The third-order valence-corrected chi connectivity index (χ3v) is 3.43. The van der Waals surface area contributed by atoms with Gasteiger partial charge in [0, 0.05) is 5.56 Å². The standard InChI is InChI=1S/C16H18N2O4/c1-10-13(11(2)22-18-10)8-15(19)17-14(9-16(20)21)12-6-4-3-5-7-12/h3-7,14H,8-9H2,1-2H3,(H,17,19)(H,20,21)/t14-/m0/s1. The van der Waals surface area contributed by atoms with E-state index in [0.29, 0.717) is 11.5 Å². The van der Waals surface area contributed by atoms with Crippen LogP contribution < -0.4 is 5.32 Å². The van der Waals surface area contributed by atoms with E-state index in [1.165, 1.54) is 0 Å². The number of carbonyl (C=O) groups is 2. The lowest BCUT2D eigenvalue weighted by Gasteiger charge is -2.17. The van der Waals surface area contributed by atoms with Gasteiger partial charge in [0.15, 0.2) is 0 Å². The number of hydrogen-bond donors (Lipinski definition) is 2. The number of aliphatic carboxylic acids is 1. The molecule has 2 rings (SSSR count). The smallest absolute Gasteiger partial charge is 0.305 e. The molecule has 0 unspecified atom stereocenters. The molecule has 0 aliphatic carbocycles. The van der Waals surface area contributed by atoms with Gasteiger partial charge in [-0.15, -0.1) is 0 Å². The molecule has 0 fully saturated rings. The van der Waals surface area contributed by atoms with Crippen LogP contribution in [0.4, 0.5) is 0 Å². The number of nitrogens with zero attached hydrogens (tertiary/aromatic N) is 1. The molecule has 0 spiro atoms. The van der Waals surface area contributed by atoms with Crippen LogP contribution in [-0.2, 0) is 16.0 Å². The largest absolute Gasteiger partial charge is 0.481 e. The van der Waals surface area contributed by atoms with Gasteiger partial charge in [-0.1, -0.05) is 35.5 Å². The number of hydrogen-bond acceptors (Lipinski definition) is 4. The third-order valence-electron chi connectivity index (χ3n) is 3.43. The average molecular weight is 302 g/mol.